The summed E-state index contributed by atoms with van der Waals surface area (Å²) >= 11 is 0. The zero-order valence-corrected chi connectivity index (χ0v) is 9.31. The van der Waals surface area contributed by atoms with E-state index in [-0.39, 0.29) is 12.4 Å². The average molecular weight is 226 g/mol. The summed E-state index contributed by atoms with van der Waals surface area (Å²) in [5.41, 5.74) is 2.23. The molecule has 5 heteroatoms. The van der Waals surface area contributed by atoms with Crippen LogP contribution in [0.3, 0.4) is 0 Å². The van der Waals surface area contributed by atoms with Gasteiger partial charge in [-0.05, 0) is 12.1 Å². The topological polar surface area (TPSA) is 41.4 Å². The molecule has 0 unspecified atom stereocenters. The van der Waals surface area contributed by atoms with Crippen LogP contribution in [-0.4, -0.2) is 16.0 Å². The zero-order chi connectivity index (χ0) is 10.1. The predicted molar refractivity (Wildman–Crippen MR) is 53.5 cm³/mol. The second-order valence-corrected chi connectivity index (χ2v) is 3.21. The first-order valence-electron chi connectivity index (χ1n) is 4.36. The maximum atomic E-state index is 8.54. The van der Waals surface area contributed by atoms with Gasteiger partial charge in [-0.1, -0.05) is 17.3 Å². The van der Waals surface area contributed by atoms with Crippen LogP contribution in [0.15, 0.2) is 29.4 Å². The lowest BCUT2D eigenvalue weighted by molar-refractivity contribution is -0.646. The fourth-order valence-electron chi connectivity index (χ4n) is 1.73. The SMILES string of the molecule is Cn1c(/C=N\O)[n+](C)c2ccccc21.[Cl-]. The quantitative estimate of drug-likeness (QED) is 0.255. The lowest BCUT2D eigenvalue weighted by Crippen LogP contribution is -3.00. The highest BCUT2D eigenvalue weighted by molar-refractivity contribution is 5.80. The summed E-state index contributed by atoms with van der Waals surface area (Å²) in [6, 6.07) is 8.04. The maximum absolute atomic E-state index is 8.54. The van der Waals surface area contributed by atoms with Crippen LogP contribution in [0.4, 0.5) is 0 Å². The third-order valence-electron chi connectivity index (χ3n) is 2.46. The molecule has 1 aromatic carbocycles. The van der Waals surface area contributed by atoms with E-state index in [0.29, 0.717) is 0 Å². The molecule has 0 aliphatic heterocycles. The molecule has 15 heavy (non-hydrogen) atoms. The van der Waals surface area contributed by atoms with Gasteiger partial charge in [0.25, 0.3) is 0 Å². The molecule has 1 heterocycles. The van der Waals surface area contributed by atoms with Gasteiger partial charge in [0, 0.05) is 0 Å². The van der Waals surface area contributed by atoms with E-state index in [0.717, 1.165) is 16.9 Å². The summed E-state index contributed by atoms with van der Waals surface area (Å²) in [6.45, 7) is 0. The Morgan fingerprint density at radius 3 is 2.67 bits per heavy atom. The number of hydrogen-bond donors (Lipinski definition) is 1. The molecular weight excluding hydrogens is 214 g/mol. The average Bonchev–Trinajstić information content (AvgIpc) is 2.45. The van der Waals surface area contributed by atoms with Crippen LogP contribution in [0, 0.1) is 0 Å². The number of nitrogens with zero attached hydrogens (tertiary/aromatic N) is 3. The van der Waals surface area contributed by atoms with E-state index in [2.05, 4.69) is 5.16 Å². The van der Waals surface area contributed by atoms with Gasteiger partial charge in [0.05, 0.1) is 14.1 Å². The first kappa shape index (κ1) is 11.5. The van der Waals surface area contributed by atoms with Gasteiger partial charge >= 0.3 is 5.82 Å². The van der Waals surface area contributed by atoms with Crippen molar-refractivity contribution in [1.29, 1.82) is 0 Å². The van der Waals surface area contributed by atoms with Gasteiger partial charge in [0.1, 0.15) is 0 Å². The number of fused-ring (bicyclic) bond motifs is 1. The first-order valence-corrected chi connectivity index (χ1v) is 4.36. The number of aromatic nitrogens is 2. The van der Waals surface area contributed by atoms with E-state index in [1.165, 1.54) is 6.21 Å². The largest absolute Gasteiger partial charge is 1.00 e. The molecule has 0 saturated heterocycles. The van der Waals surface area contributed by atoms with Gasteiger partial charge in [-0.15, -0.1) is 0 Å². The maximum Gasteiger partial charge on any atom is 0.304 e. The van der Waals surface area contributed by atoms with Crippen molar-refractivity contribution in [1.82, 2.24) is 4.57 Å². The Balaban J connectivity index is 0.00000112. The van der Waals surface area contributed by atoms with E-state index in [4.69, 9.17) is 5.21 Å². The monoisotopic (exact) mass is 225 g/mol. The summed E-state index contributed by atoms with van der Waals surface area (Å²) in [6.07, 6.45) is 1.43. The molecule has 2 rings (SSSR count). The molecular formula is C10H12ClN3O. The predicted octanol–water partition coefficient (Wildman–Crippen LogP) is -2.19. The summed E-state index contributed by atoms with van der Waals surface area (Å²) < 4.78 is 3.96. The highest BCUT2D eigenvalue weighted by atomic mass is 35.5. The van der Waals surface area contributed by atoms with Gasteiger partial charge in [0.2, 0.25) is 0 Å². The summed E-state index contributed by atoms with van der Waals surface area (Å²) in [5, 5.41) is 11.6. The number of rotatable bonds is 1. The van der Waals surface area contributed by atoms with Crippen LogP contribution in [0.5, 0.6) is 0 Å². The Hall–Kier alpha value is -1.55. The number of para-hydroxylation sites is 2. The fraction of sp³-hybridized carbons (Fsp3) is 0.200. The molecule has 0 aliphatic rings. The Morgan fingerprint density at radius 1 is 1.40 bits per heavy atom. The van der Waals surface area contributed by atoms with Crippen molar-refractivity contribution < 1.29 is 22.2 Å². The number of benzene rings is 1. The fourth-order valence-corrected chi connectivity index (χ4v) is 1.73. The van der Waals surface area contributed by atoms with Gasteiger partial charge in [0.15, 0.2) is 17.2 Å². The number of imidazole rings is 1. The van der Waals surface area contributed by atoms with Gasteiger partial charge in [-0.25, -0.2) is 9.13 Å². The molecule has 0 amide bonds. The minimum Gasteiger partial charge on any atom is -1.00 e. The summed E-state index contributed by atoms with van der Waals surface area (Å²) in [5.74, 6) is 0.855. The van der Waals surface area contributed by atoms with Gasteiger partial charge in [-0.3, -0.25) is 0 Å². The molecule has 0 fully saturated rings. The number of hydrogen-bond acceptors (Lipinski definition) is 2. The van der Waals surface area contributed by atoms with Crippen LogP contribution in [-0.2, 0) is 14.1 Å². The number of aryl methyl sites for hydroxylation is 2. The van der Waals surface area contributed by atoms with Crippen molar-refractivity contribution in [3.05, 3.63) is 30.1 Å². The molecule has 0 atom stereocenters. The van der Waals surface area contributed by atoms with E-state index in [1.807, 2.05) is 47.5 Å². The van der Waals surface area contributed by atoms with Crippen molar-refractivity contribution in [3.63, 3.8) is 0 Å². The molecule has 2 aromatic rings. The highest BCUT2D eigenvalue weighted by Gasteiger charge is 2.17. The Labute approximate surface area is 93.9 Å². The molecule has 1 N–H and O–H groups in total. The normalized spacial score (nSPS) is 10.8. The van der Waals surface area contributed by atoms with Crippen molar-refractivity contribution >= 4 is 17.2 Å². The Morgan fingerprint density at radius 2 is 2.07 bits per heavy atom. The number of oxime groups is 1. The molecule has 0 aliphatic carbocycles. The first-order chi connectivity index (χ1) is 6.75. The third kappa shape index (κ3) is 1.68. The van der Waals surface area contributed by atoms with Crippen LogP contribution in [0.25, 0.3) is 11.0 Å². The van der Waals surface area contributed by atoms with E-state index in [1.54, 1.807) is 0 Å². The Bertz CT molecular complexity index is 466. The Kier molecular flexibility index (Phi) is 3.31. The van der Waals surface area contributed by atoms with Gasteiger partial charge < -0.3 is 17.6 Å². The van der Waals surface area contributed by atoms with E-state index < -0.39 is 0 Å². The molecule has 0 saturated carbocycles. The van der Waals surface area contributed by atoms with Crippen molar-refractivity contribution in [2.75, 3.05) is 0 Å². The minimum absolute atomic E-state index is 0. The van der Waals surface area contributed by atoms with Crippen molar-refractivity contribution in [3.8, 4) is 0 Å². The second-order valence-electron chi connectivity index (χ2n) is 3.21. The molecule has 1 aromatic heterocycles. The van der Waals surface area contributed by atoms with Gasteiger partial charge in [-0.2, -0.15) is 0 Å². The number of halogens is 1. The lowest BCUT2D eigenvalue weighted by Gasteiger charge is -1.87. The van der Waals surface area contributed by atoms with E-state index in [9.17, 15) is 0 Å². The standard InChI is InChI=1S/C10H11N3O.ClH/c1-12-8-5-3-4-6-9(8)13(2)10(12)7-11-14;/h3-7H,1-2H3;1H. The van der Waals surface area contributed by atoms with Crippen LogP contribution >= 0.6 is 0 Å². The summed E-state index contributed by atoms with van der Waals surface area (Å²) in [7, 11) is 3.89. The minimum atomic E-state index is 0. The van der Waals surface area contributed by atoms with Crippen LogP contribution in [0.2, 0.25) is 0 Å². The highest BCUT2D eigenvalue weighted by Crippen LogP contribution is 2.10. The van der Waals surface area contributed by atoms with Crippen molar-refractivity contribution in [2.45, 2.75) is 0 Å². The molecule has 80 valence electrons. The zero-order valence-electron chi connectivity index (χ0n) is 8.55. The third-order valence-corrected chi connectivity index (χ3v) is 2.46. The smallest absolute Gasteiger partial charge is 0.304 e. The lowest BCUT2D eigenvalue weighted by atomic mass is 10.3. The van der Waals surface area contributed by atoms with E-state index >= 15 is 0 Å². The summed E-state index contributed by atoms with van der Waals surface area (Å²) in [4.78, 5) is 0. The van der Waals surface area contributed by atoms with Crippen LogP contribution in [0.1, 0.15) is 5.82 Å². The molecule has 0 radical (unpaired) electrons. The molecule has 4 nitrogen and oxygen atoms in total. The van der Waals surface area contributed by atoms with Crippen LogP contribution < -0.4 is 17.0 Å². The van der Waals surface area contributed by atoms with Crippen molar-refractivity contribution in [2.24, 2.45) is 19.3 Å². The molecule has 0 bridgehead atoms. The second kappa shape index (κ2) is 4.31. The molecule has 0 spiro atoms.